The van der Waals surface area contributed by atoms with Crippen LogP contribution in [0.25, 0.3) is 0 Å². The summed E-state index contributed by atoms with van der Waals surface area (Å²) in [5.74, 6) is -0.0244. The number of carbonyl (C=O) groups excluding carboxylic acids is 1. The molecule has 1 saturated carbocycles. The summed E-state index contributed by atoms with van der Waals surface area (Å²) in [7, 11) is 0. The van der Waals surface area contributed by atoms with E-state index in [1.54, 1.807) is 11.3 Å². The molecule has 22 heavy (non-hydrogen) atoms. The smallest absolute Gasteiger partial charge is 0.238 e. The number of amides is 1. The van der Waals surface area contributed by atoms with Crippen molar-refractivity contribution in [2.75, 3.05) is 5.88 Å². The minimum Gasteiger partial charge on any atom is -0.333 e. The molecule has 0 spiro atoms. The monoisotopic (exact) mass is 337 g/mol. The van der Waals surface area contributed by atoms with Crippen LogP contribution >= 0.6 is 22.9 Å². The van der Waals surface area contributed by atoms with E-state index in [1.807, 2.05) is 15.8 Å². The number of rotatable bonds is 6. The Bertz CT molecular complexity index is 647. The average molecular weight is 338 g/mol. The van der Waals surface area contributed by atoms with Crippen molar-refractivity contribution in [1.29, 1.82) is 0 Å². The first-order valence-corrected chi connectivity index (χ1v) is 8.98. The van der Waals surface area contributed by atoms with Gasteiger partial charge in [-0.3, -0.25) is 9.48 Å². The first-order valence-electron chi connectivity index (χ1n) is 7.57. The van der Waals surface area contributed by atoms with Crippen molar-refractivity contribution in [1.82, 2.24) is 14.7 Å². The van der Waals surface area contributed by atoms with E-state index in [4.69, 9.17) is 11.6 Å². The maximum Gasteiger partial charge on any atom is 0.238 e. The molecule has 4 nitrogen and oxygen atoms in total. The fourth-order valence-electron chi connectivity index (χ4n) is 2.63. The average Bonchev–Trinajstić information content (AvgIpc) is 3.06. The molecule has 3 rings (SSSR count). The van der Waals surface area contributed by atoms with Crippen LogP contribution in [0.3, 0.4) is 0 Å². The fourth-order valence-corrected chi connectivity index (χ4v) is 3.52. The first kappa shape index (κ1) is 15.6. The van der Waals surface area contributed by atoms with Gasteiger partial charge >= 0.3 is 0 Å². The van der Waals surface area contributed by atoms with E-state index in [9.17, 15) is 4.79 Å². The molecule has 1 aliphatic carbocycles. The molecule has 1 aliphatic rings. The standard InChI is InChI=1S/C16H20ClN3OS/c1-12-14(5-6-22-12)11-19(16(21)7-17)9-13-8-18-20(10-13)15-3-2-4-15/h5-6,8,10,15H,2-4,7,9,11H2,1H3. The van der Waals surface area contributed by atoms with Crippen molar-refractivity contribution >= 4 is 28.8 Å². The Morgan fingerprint density at radius 1 is 1.50 bits per heavy atom. The predicted molar refractivity (Wildman–Crippen MR) is 89.1 cm³/mol. The van der Waals surface area contributed by atoms with Gasteiger partial charge in [-0.25, -0.2) is 0 Å². The van der Waals surface area contributed by atoms with Crippen LogP contribution in [0.4, 0.5) is 0 Å². The van der Waals surface area contributed by atoms with E-state index >= 15 is 0 Å². The van der Waals surface area contributed by atoms with Gasteiger partial charge in [-0.05, 0) is 43.2 Å². The summed E-state index contributed by atoms with van der Waals surface area (Å²) >= 11 is 7.47. The molecule has 0 aliphatic heterocycles. The topological polar surface area (TPSA) is 38.1 Å². The van der Waals surface area contributed by atoms with E-state index in [0.29, 0.717) is 19.1 Å². The molecule has 0 atom stereocenters. The summed E-state index contributed by atoms with van der Waals surface area (Å²) < 4.78 is 2.04. The van der Waals surface area contributed by atoms with Crippen molar-refractivity contribution in [2.45, 2.75) is 45.3 Å². The lowest BCUT2D eigenvalue weighted by Crippen LogP contribution is -2.31. The molecular weight excluding hydrogens is 318 g/mol. The Morgan fingerprint density at radius 2 is 2.32 bits per heavy atom. The molecule has 0 aromatic carbocycles. The Hall–Kier alpha value is -1.33. The second-order valence-electron chi connectivity index (χ2n) is 5.80. The van der Waals surface area contributed by atoms with Crippen LogP contribution in [0.2, 0.25) is 0 Å². The quantitative estimate of drug-likeness (QED) is 0.753. The number of nitrogens with zero attached hydrogens (tertiary/aromatic N) is 3. The van der Waals surface area contributed by atoms with E-state index in [-0.39, 0.29) is 11.8 Å². The largest absolute Gasteiger partial charge is 0.333 e. The number of thiophene rings is 1. The Kier molecular flexibility index (Phi) is 4.84. The molecule has 0 unspecified atom stereocenters. The van der Waals surface area contributed by atoms with Crippen LogP contribution in [0.1, 0.15) is 41.3 Å². The lowest BCUT2D eigenvalue weighted by atomic mass is 9.93. The van der Waals surface area contributed by atoms with Crippen molar-refractivity contribution in [2.24, 2.45) is 0 Å². The molecular formula is C16H20ClN3OS. The van der Waals surface area contributed by atoms with Crippen LogP contribution in [0.15, 0.2) is 23.8 Å². The van der Waals surface area contributed by atoms with Gasteiger partial charge in [0.2, 0.25) is 5.91 Å². The highest BCUT2D eigenvalue weighted by Crippen LogP contribution is 2.31. The van der Waals surface area contributed by atoms with Crippen LogP contribution in [-0.4, -0.2) is 26.5 Å². The van der Waals surface area contributed by atoms with Gasteiger partial charge in [0, 0.05) is 29.7 Å². The number of carbonyl (C=O) groups is 1. The van der Waals surface area contributed by atoms with Gasteiger partial charge in [-0.1, -0.05) is 0 Å². The fraction of sp³-hybridized carbons (Fsp3) is 0.500. The highest BCUT2D eigenvalue weighted by Gasteiger charge is 2.21. The van der Waals surface area contributed by atoms with E-state index in [1.165, 1.54) is 29.7 Å². The summed E-state index contributed by atoms with van der Waals surface area (Å²) in [6.07, 6.45) is 7.64. The number of aryl methyl sites for hydroxylation is 1. The zero-order chi connectivity index (χ0) is 15.5. The molecule has 0 saturated heterocycles. The van der Waals surface area contributed by atoms with E-state index in [2.05, 4.69) is 29.7 Å². The third-order valence-electron chi connectivity index (χ3n) is 4.27. The molecule has 6 heteroatoms. The van der Waals surface area contributed by atoms with Gasteiger partial charge in [0.25, 0.3) is 0 Å². The van der Waals surface area contributed by atoms with Crippen molar-refractivity contribution in [3.63, 3.8) is 0 Å². The molecule has 2 heterocycles. The van der Waals surface area contributed by atoms with Crippen molar-refractivity contribution < 1.29 is 4.79 Å². The maximum absolute atomic E-state index is 12.1. The summed E-state index contributed by atoms with van der Waals surface area (Å²) in [5, 5.41) is 6.50. The van der Waals surface area contributed by atoms with E-state index in [0.717, 1.165) is 5.56 Å². The maximum atomic E-state index is 12.1. The second kappa shape index (κ2) is 6.84. The summed E-state index contributed by atoms with van der Waals surface area (Å²) in [6, 6.07) is 2.62. The number of aromatic nitrogens is 2. The predicted octanol–water partition coefficient (Wildman–Crippen LogP) is 3.75. The minimum atomic E-state index is -0.0383. The third-order valence-corrected chi connectivity index (χ3v) is 5.39. The van der Waals surface area contributed by atoms with Crippen LogP contribution in [-0.2, 0) is 17.9 Å². The van der Waals surface area contributed by atoms with Gasteiger partial charge in [0.05, 0.1) is 12.2 Å². The molecule has 0 N–H and O–H groups in total. The highest BCUT2D eigenvalue weighted by atomic mass is 35.5. The van der Waals surface area contributed by atoms with E-state index < -0.39 is 0 Å². The number of hydrogen-bond donors (Lipinski definition) is 0. The zero-order valence-corrected chi connectivity index (χ0v) is 14.2. The zero-order valence-electron chi connectivity index (χ0n) is 12.7. The Labute approximate surface area is 139 Å². The lowest BCUT2D eigenvalue weighted by Gasteiger charge is -2.25. The summed E-state index contributed by atoms with van der Waals surface area (Å²) in [5.41, 5.74) is 2.26. The Balaban J connectivity index is 1.70. The number of alkyl halides is 1. The third kappa shape index (κ3) is 3.36. The molecule has 0 radical (unpaired) electrons. The molecule has 2 aromatic heterocycles. The van der Waals surface area contributed by atoms with Gasteiger partial charge in [0.15, 0.2) is 0 Å². The molecule has 118 valence electrons. The van der Waals surface area contributed by atoms with Crippen LogP contribution in [0.5, 0.6) is 0 Å². The van der Waals surface area contributed by atoms with Crippen molar-refractivity contribution in [3.05, 3.63) is 39.8 Å². The first-order chi connectivity index (χ1) is 10.7. The number of halogens is 1. The molecule has 0 bridgehead atoms. The summed E-state index contributed by atoms with van der Waals surface area (Å²) in [4.78, 5) is 15.2. The van der Waals surface area contributed by atoms with Gasteiger partial charge < -0.3 is 4.90 Å². The Morgan fingerprint density at radius 3 is 2.91 bits per heavy atom. The molecule has 1 amide bonds. The van der Waals surface area contributed by atoms with Gasteiger partial charge in [-0.15, -0.1) is 22.9 Å². The SMILES string of the molecule is Cc1sccc1CN(Cc1cnn(C2CCC2)c1)C(=O)CCl. The highest BCUT2D eigenvalue weighted by molar-refractivity contribution is 7.10. The van der Waals surface area contributed by atoms with Crippen LogP contribution < -0.4 is 0 Å². The van der Waals surface area contributed by atoms with Crippen molar-refractivity contribution in [3.8, 4) is 0 Å². The summed E-state index contributed by atoms with van der Waals surface area (Å²) in [6.45, 7) is 3.25. The molecule has 2 aromatic rings. The van der Waals surface area contributed by atoms with Gasteiger partial charge in [0.1, 0.15) is 5.88 Å². The normalized spacial score (nSPS) is 14.8. The minimum absolute atomic E-state index is 0.0138. The molecule has 1 fully saturated rings. The van der Waals surface area contributed by atoms with Crippen LogP contribution in [0, 0.1) is 6.92 Å². The second-order valence-corrected chi connectivity index (χ2v) is 7.19. The number of hydrogen-bond acceptors (Lipinski definition) is 3. The van der Waals surface area contributed by atoms with Gasteiger partial charge in [-0.2, -0.15) is 5.10 Å². The lowest BCUT2D eigenvalue weighted by molar-refractivity contribution is -0.129.